The van der Waals surface area contributed by atoms with Gasteiger partial charge in [0.25, 0.3) is 0 Å². The standard InChI is InChI=1S/C23H47N5O4S/c1-7-15-27(33(6,31)32)17-23(5)13-11-16-28(23)21(19(3)4)22(30)26-20(8-2)12-9-10-14-24-25-18-29/h18-21,24H,7-17H2,1-6H3,(H,25,29)(H,26,30). The van der Waals surface area contributed by atoms with E-state index in [0.717, 1.165) is 51.5 Å². The number of nitrogens with one attached hydrogen (secondary N) is 3. The molecule has 1 aliphatic heterocycles. The number of hydrogen-bond donors (Lipinski definition) is 3. The van der Waals surface area contributed by atoms with Gasteiger partial charge in [-0.25, -0.2) is 18.1 Å². The maximum atomic E-state index is 13.5. The van der Waals surface area contributed by atoms with Gasteiger partial charge >= 0.3 is 0 Å². The molecule has 1 heterocycles. The fourth-order valence-electron chi connectivity index (χ4n) is 4.87. The summed E-state index contributed by atoms with van der Waals surface area (Å²) in [6.07, 6.45) is 8.06. The summed E-state index contributed by atoms with van der Waals surface area (Å²) < 4.78 is 26.3. The van der Waals surface area contributed by atoms with Gasteiger partial charge in [-0.15, -0.1) is 0 Å². The highest BCUT2D eigenvalue weighted by atomic mass is 32.2. The lowest BCUT2D eigenvalue weighted by atomic mass is 9.92. The summed E-state index contributed by atoms with van der Waals surface area (Å²) in [4.78, 5) is 26.0. The van der Waals surface area contributed by atoms with Crippen molar-refractivity contribution in [1.82, 2.24) is 25.4 Å². The average Bonchev–Trinajstić information content (AvgIpc) is 3.09. The Morgan fingerprint density at radius 2 is 1.94 bits per heavy atom. The molecule has 33 heavy (non-hydrogen) atoms. The lowest BCUT2D eigenvalue weighted by molar-refractivity contribution is -0.131. The van der Waals surface area contributed by atoms with Crippen molar-refractivity contribution in [3.05, 3.63) is 0 Å². The number of hydrazine groups is 1. The topological polar surface area (TPSA) is 111 Å². The second-order valence-corrected chi connectivity index (χ2v) is 11.9. The van der Waals surface area contributed by atoms with Crippen molar-refractivity contribution < 1.29 is 18.0 Å². The van der Waals surface area contributed by atoms with Crippen LogP contribution in [0.5, 0.6) is 0 Å². The minimum absolute atomic E-state index is 0.0344. The lowest BCUT2D eigenvalue weighted by Crippen LogP contribution is -2.60. The van der Waals surface area contributed by atoms with E-state index in [0.29, 0.717) is 26.0 Å². The van der Waals surface area contributed by atoms with E-state index in [-0.39, 0.29) is 29.4 Å². The van der Waals surface area contributed by atoms with Crippen molar-refractivity contribution in [2.75, 3.05) is 32.4 Å². The van der Waals surface area contributed by atoms with Gasteiger partial charge in [0, 0.05) is 31.2 Å². The molecule has 0 radical (unpaired) electrons. The molecule has 10 heteroatoms. The first-order chi connectivity index (χ1) is 15.5. The molecule has 3 atom stereocenters. The number of nitrogens with zero attached hydrogens (tertiary/aromatic N) is 2. The van der Waals surface area contributed by atoms with Crippen LogP contribution in [0.1, 0.15) is 79.6 Å². The highest BCUT2D eigenvalue weighted by Crippen LogP contribution is 2.34. The molecule has 3 unspecified atom stereocenters. The number of rotatable bonds is 17. The Bertz CT molecular complexity index is 703. The third-order valence-electron chi connectivity index (χ3n) is 6.61. The van der Waals surface area contributed by atoms with Crippen LogP contribution in [0.3, 0.4) is 0 Å². The van der Waals surface area contributed by atoms with Gasteiger partial charge in [-0.3, -0.25) is 19.9 Å². The summed E-state index contributed by atoms with van der Waals surface area (Å²) in [6.45, 7) is 12.7. The fourth-order valence-corrected chi connectivity index (χ4v) is 5.89. The van der Waals surface area contributed by atoms with E-state index in [2.05, 4.69) is 48.8 Å². The van der Waals surface area contributed by atoms with E-state index < -0.39 is 10.0 Å². The molecule has 3 N–H and O–H groups in total. The normalized spacial score (nSPS) is 21.3. The first-order valence-corrected chi connectivity index (χ1v) is 14.3. The largest absolute Gasteiger partial charge is 0.352 e. The smallest absolute Gasteiger partial charge is 0.237 e. The highest BCUT2D eigenvalue weighted by molar-refractivity contribution is 7.88. The minimum Gasteiger partial charge on any atom is -0.352 e. The van der Waals surface area contributed by atoms with E-state index >= 15 is 0 Å². The Hall–Kier alpha value is -1.23. The molecule has 1 rings (SSSR count). The molecule has 0 aliphatic carbocycles. The molecule has 2 amide bonds. The zero-order chi connectivity index (χ0) is 25.1. The van der Waals surface area contributed by atoms with Crippen LogP contribution in [0.25, 0.3) is 0 Å². The summed E-state index contributed by atoms with van der Waals surface area (Å²) in [5, 5.41) is 3.27. The van der Waals surface area contributed by atoms with Crippen LogP contribution < -0.4 is 16.2 Å². The van der Waals surface area contributed by atoms with Gasteiger partial charge in [0.2, 0.25) is 22.3 Å². The molecule has 9 nitrogen and oxygen atoms in total. The van der Waals surface area contributed by atoms with Crippen molar-refractivity contribution in [1.29, 1.82) is 0 Å². The summed E-state index contributed by atoms with van der Waals surface area (Å²) in [6, 6.07) is -0.202. The molecule has 0 aromatic heterocycles. The molecule has 1 saturated heterocycles. The summed E-state index contributed by atoms with van der Waals surface area (Å²) in [7, 11) is -3.31. The van der Waals surface area contributed by atoms with E-state index in [4.69, 9.17) is 0 Å². The Kier molecular flexibility index (Phi) is 12.9. The zero-order valence-corrected chi connectivity index (χ0v) is 22.3. The van der Waals surface area contributed by atoms with Gasteiger partial charge in [0.1, 0.15) is 0 Å². The number of likely N-dealkylation sites (tertiary alicyclic amines) is 1. The number of sulfonamides is 1. The van der Waals surface area contributed by atoms with Crippen LogP contribution in [0.2, 0.25) is 0 Å². The van der Waals surface area contributed by atoms with Gasteiger partial charge in [-0.05, 0) is 57.9 Å². The molecular formula is C23H47N5O4S. The third kappa shape index (κ3) is 9.50. The van der Waals surface area contributed by atoms with Crippen LogP contribution in [-0.4, -0.2) is 80.0 Å². The van der Waals surface area contributed by atoms with Crippen LogP contribution in [0.15, 0.2) is 0 Å². The Morgan fingerprint density at radius 1 is 1.24 bits per heavy atom. The maximum Gasteiger partial charge on any atom is 0.237 e. The Balaban J connectivity index is 2.87. The molecule has 0 spiro atoms. The van der Waals surface area contributed by atoms with Crippen LogP contribution in [-0.2, 0) is 19.6 Å². The van der Waals surface area contributed by atoms with Gasteiger partial charge in [0.05, 0.1) is 12.3 Å². The monoisotopic (exact) mass is 489 g/mol. The van der Waals surface area contributed by atoms with E-state index in [1.54, 1.807) is 4.31 Å². The summed E-state index contributed by atoms with van der Waals surface area (Å²) in [5.74, 6) is 0.142. The van der Waals surface area contributed by atoms with E-state index in [1.165, 1.54) is 6.26 Å². The van der Waals surface area contributed by atoms with E-state index in [9.17, 15) is 18.0 Å². The molecular weight excluding hydrogens is 442 g/mol. The van der Waals surface area contributed by atoms with Gasteiger partial charge < -0.3 is 5.32 Å². The highest BCUT2D eigenvalue weighted by Gasteiger charge is 2.46. The number of hydrogen-bond acceptors (Lipinski definition) is 6. The Morgan fingerprint density at radius 3 is 2.48 bits per heavy atom. The second kappa shape index (κ2) is 14.2. The molecule has 0 saturated carbocycles. The number of carbonyl (C=O) groups excluding carboxylic acids is 2. The van der Waals surface area contributed by atoms with Crippen LogP contribution >= 0.6 is 0 Å². The summed E-state index contributed by atoms with van der Waals surface area (Å²) in [5.41, 5.74) is 4.88. The van der Waals surface area contributed by atoms with Crippen LogP contribution in [0, 0.1) is 5.92 Å². The molecule has 1 aliphatic rings. The number of amides is 2. The first kappa shape index (κ1) is 29.8. The molecule has 0 aromatic rings. The maximum absolute atomic E-state index is 13.5. The van der Waals surface area contributed by atoms with Crippen molar-refractivity contribution in [2.24, 2.45) is 5.92 Å². The zero-order valence-electron chi connectivity index (χ0n) is 21.5. The quantitative estimate of drug-likeness (QED) is 0.163. The van der Waals surface area contributed by atoms with E-state index in [1.807, 2.05) is 6.92 Å². The number of carbonyl (C=O) groups is 2. The molecule has 0 aromatic carbocycles. The molecule has 194 valence electrons. The van der Waals surface area contributed by atoms with Gasteiger partial charge in [-0.2, -0.15) is 0 Å². The van der Waals surface area contributed by atoms with Crippen molar-refractivity contribution in [3.63, 3.8) is 0 Å². The fraction of sp³-hybridized carbons (Fsp3) is 0.913. The molecule has 0 bridgehead atoms. The molecule has 1 fully saturated rings. The number of unbranched alkanes of at least 4 members (excludes halogenated alkanes) is 1. The van der Waals surface area contributed by atoms with Crippen LogP contribution in [0.4, 0.5) is 0 Å². The van der Waals surface area contributed by atoms with Crippen molar-refractivity contribution in [3.8, 4) is 0 Å². The lowest BCUT2D eigenvalue weighted by Gasteiger charge is -2.44. The second-order valence-electron chi connectivity index (χ2n) is 9.88. The van der Waals surface area contributed by atoms with Gasteiger partial charge in [0.15, 0.2) is 0 Å². The van der Waals surface area contributed by atoms with Crippen molar-refractivity contribution in [2.45, 2.75) is 97.2 Å². The van der Waals surface area contributed by atoms with Gasteiger partial charge in [-0.1, -0.05) is 34.1 Å². The van der Waals surface area contributed by atoms with Crippen molar-refractivity contribution >= 4 is 22.3 Å². The first-order valence-electron chi connectivity index (χ1n) is 12.4. The summed E-state index contributed by atoms with van der Waals surface area (Å²) >= 11 is 0. The Labute approximate surface area is 201 Å². The third-order valence-corrected chi connectivity index (χ3v) is 7.86. The predicted octanol–water partition coefficient (Wildman–Crippen LogP) is 1.85. The average molecular weight is 490 g/mol. The minimum atomic E-state index is -3.31. The SMILES string of the molecule is CCCN(CC1(C)CCCN1C(C(=O)NC(CC)CCCCNNC=O)C(C)C)S(C)(=O)=O. The predicted molar refractivity (Wildman–Crippen MR) is 133 cm³/mol.